The van der Waals surface area contributed by atoms with Gasteiger partial charge in [-0.2, -0.15) is 10.1 Å². The number of amides is 1. The number of anilines is 2. The second-order valence-corrected chi connectivity index (χ2v) is 7.20. The number of rotatable bonds is 6. The molecule has 0 radical (unpaired) electrons. The highest BCUT2D eigenvalue weighted by molar-refractivity contribution is 5.82. The maximum Gasteiger partial charge on any atom is 0.407 e. The van der Waals surface area contributed by atoms with E-state index in [1.165, 1.54) is 0 Å². The molecule has 1 aromatic carbocycles. The fourth-order valence-corrected chi connectivity index (χ4v) is 3.04. The van der Waals surface area contributed by atoms with Crippen molar-refractivity contribution in [3.63, 3.8) is 0 Å². The van der Waals surface area contributed by atoms with E-state index in [0.29, 0.717) is 12.6 Å². The van der Waals surface area contributed by atoms with Crippen molar-refractivity contribution >= 4 is 34.2 Å². The van der Waals surface area contributed by atoms with E-state index in [1.54, 1.807) is 6.20 Å². The van der Waals surface area contributed by atoms with E-state index in [-0.39, 0.29) is 6.04 Å². The maximum atomic E-state index is 11.6. The summed E-state index contributed by atoms with van der Waals surface area (Å²) in [6.45, 7) is 4.08. The van der Waals surface area contributed by atoms with Gasteiger partial charge in [0.1, 0.15) is 6.61 Å². The SMILES string of the molecule is CC(C)NC(=O)OCC1=CC=C(c2nc(Nc3ccc4[nH]ncc4c3)n[nH]2)CC1. The molecule has 2 aromatic heterocycles. The second-order valence-electron chi connectivity index (χ2n) is 7.20. The lowest BCUT2D eigenvalue weighted by Crippen LogP contribution is -2.31. The van der Waals surface area contributed by atoms with E-state index < -0.39 is 6.09 Å². The van der Waals surface area contributed by atoms with Gasteiger partial charge in [0, 0.05) is 17.1 Å². The van der Waals surface area contributed by atoms with Gasteiger partial charge in [-0.15, -0.1) is 5.10 Å². The lowest BCUT2D eigenvalue weighted by molar-refractivity contribution is 0.152. The lowest BCUT2D eigenvalue weighted by Gasteiger charge is -2.14. The van der Waals surface area contributed by atoms with Crippen LogP contribution in [0, 0.1) is 0 Å². The predicted molar refractivity (Wildman–Crippen MR) is 111 cm³/mol. The Hall–Kier alpha value is -3.62. The lowest BCUT2D eigenvalue weighted by atomic mass is 9.98. The number of allylic oxidation sites excluding steroid dienone is 3. The normalized spacial score (nSPS) is 13.9. The first-order valence-corrected chi connectivity index (χ1v) is 9.51. The van der Waals surface area contributed by atoms with Crippen molar-refractivity contribution in [2.45, 2.75) is 32.7 Å². The van der Waals surface area contributed by atoms with Gasteiger partial charge in [-0.25, -0.2) is 4.79 Å². The first-order chi connectivity index (χ1) is 14.1. The molecule has 0 saturated carbocycles. The van der Waals surface area contributed by atoms with Gasteiger partial charge in [-0.3, -0.25) is 10.2 Å². The topological polar surface area (TPSA) is 121 Å². The molecule has 0 fully saturated rings. The zero-order valence-electron chi connectivity index (χ0n) is 16.3. The highest BCUT2D eigenvalue weighted by Gasteiger charge is 2.14. The van der Waals surface area contributed by atoms with Crippen LogP contribution in [0.15, 0.2) is 42.1 Å². The van der Waals surface area contributed by atoms with Crippen LogP contribution in [-0.4, -0.2) is 44.1 Å². The molecule has 4 rings (SSSR count). The van der Waals surface area contributed by atoms with Crippen LogP contribution in [0.1, 0.15) is 32.5 Å². The molecule has 0 bridgehead atoms. The van der Waals surface area contributed by atoms with Crippen molar-refractivity contribution in [1.82, 2.24) is 30.7 Å². The number of hydrogen-bond donors (Lipinski definition) is 4. The first kappa shape index (κ1) is 18.7. The predicted octanol–water partition coefficient (Wildman–Crippen LogP) is 3.66. The van der Waals surface area contributed by atoms with E-state index in [4.69, 9.17) is 4.74 Å². The van der Waals surface area contributed by atoms with Crippen LogP contribution in [0.3, 0.4) is 0 Å². The quantitative estimate of drug-likeness (QED) is 0.507. The second kappa shape index (κ2) is 8.17. The average molecular weight is 393 g/mol. The molecule has 3 aromatic rings. The Balaban J connectivity index is 1.37. The third-order valence-corrected chi connectivity index (χ3v) is 4.52. The molecule has 150 valence electrons. The number of ether oxygens (including phenoxy) is 1. The van der Waals surface area contributed by atoms with Crippen LogP contribution in [-0.2, 0) is 4.74 Å². The van der Waals surface area contributed by atoms with E-state index in [1.807, 2.05) is 44.2 Å². The van der Waals surface area contributed by atoms with E-state index in [0.717, 1.165) is 46.4 Å². The molecule has 0 spiro atoms. The van der Waals surface area contributed by atoms with Gasteiger partial charge in [0.25, 0.3) is 0 Å². The standard InChI is InChI=1S/C20H23N7O2/c1-12(2)22-20(28)29-11-13-3-5-14(6-4-13)18-24-19(27-26-18)23-16-7-8-17-15(9-16)10-21-25-17/h3,5,7-10,12H,4,6,11H2,1-2H3,(H,21,25)(H,22,28)(H2,23,24,26,27). The summed E-state index contributed by atoms with van der Waals surface area (Å²) in [6.07, 6.45) is 6.96. The summed E-state index contributed by atoms with van der Waals surface area (Å²) in [5.41, 5.74) is 4.00. The fraction of sp³-hybridized carbons (Fsp3) is 0.300. The van der Waals surface area contributed by atoms with Crippen molar-refractivity contribution in [2.24, 2.45) is 0 Å². The number of H-pyrrole nitrogens is 2. The van der Waals surface area contributed by atoms with Crippen molar-refractivity contribution in [2.75, 3.05) is 11.9 Å². The Morgan fingerprint density at radius 2 is 2.14 bits per heavy atom. The summed E-state index contributed by atoms with van der Waals surface area (Å²) in [4.78, 5) is 16.1. The van der Waals surface area contributed by atoms with Crippen LogP contribution in [0.5, 0.6) is 0 Å². The molecule has 0 aliphatic heterocycles. The summed E-state index contributed by atoms with van der Waals surface area (Å²) in [5, 5.41) is 21.1. The molecule has 1 aliphatic rings. The van der Waals surface area contributed by atoms with Crippen molar-refractivity contribution < 1.29 is 9.53 Å². The van der Waals surface area contributed by atoms with E-state index >= 15 is 0 Å². The average Bonchev–Trinajstić information content (AvgIpc) is 3.35. The number of fused-ring (bicyclic) bond motifs is 1. The first-order valence-electron chi connectivity index (χ1n) is 9.51. The number of benzene rings is 1. The number of nitrogens with zero attached hydrogens (tertiary/aromatic N) is 3. The van der Waals surface area contributed by atoms with Crippen LogP contribution < -0.4 is 10.6 Å². The van der Waals surface area contributed by atoms with Crippen LogP contribution in [0.25, 0.3) is 16.5 Å². The number of hydrogen-bond acceptors (Lipinski definition) is 6. The van der Waals surface area contributed by atoms with Crippen molar-refractivity contribution in [3.05, 3.63) is 47.9 Å². The van der Waals surface area contributed by atoms with Gasteiger partial charge in [-0.1, -0.05) is 12.2 Å². The van der Waals surface area contributed by atoms with Gasteiger partial charge in [0.2, 0.25) is 5.95 Å². The summed E-state index contributed by atoms with van der Waals surface area (Å²) >= 11 is 0. The number of carbonyl (C=O) groups excluding carboxylic acids is 1. The molecule has 1 amide bonds. The maximum absolute atomic E-state index is 11.6. The zero-order chi connectivity index (χ0) is 20.2. The van der Waals surface area contributed by atoms with Crippen LogP contribution >= 0.6 is 0 Å². The Morgan fingerprint density at radius 1 is 1.24 bits per heavy atom. The van der Waals surface area contributed by atoms with Gasteiger partial charge in [-0.05, 0) is 56.0 Å². The molecule has 2 heterocycles. The van der Waals surface area contributed by atoms with Crippen molar-refractivity contribution in [1.29, 1.82) is 0 Å². The Bertz CT molecular complexity index is 1080. The summed E-state index contributed by atoms with van der Waals surface area (Å²) < 4.78 is 5.23. The number of aromatic nitrogens is 5. The molecular weight excluding hydrogens is 370 g/mol. The Morgan fingerprint density at radius 3 is 2.93 bits per heavy atom. The third-order valence-electron chi connectivity index (χ3n) is 4.52. The van der Waals surface area contributed by atoms with Crippen molar-refractivity contribution in [3.8, 4) is 0 Å². The molecule has 0 atom stereocenters. The number of alkyl carbamates (subject to hydrolysis) is 1. The molecule has 0 saturated heterocycles. The van der Waals surface area contributed by atoms with E-state index in [9.17, 15) is 4.79 Å². The van der Waals surface area contributed by atoms with Crippen LogP contribution in [0.4, 0.5) is 16.4 Å². The van der Waals surface area contributed by atoms with Gasteiger partial charge in [0.15, 0.2) is 5.82 Å². The molecular formula is C20H23N7O2. The van der Waals surface area contributed by atoms with Crippen LogP contribution in [0.2, 0.25) is 0 Å². The minimum atomic E-state index is -0.393. The fourth-order valence-electron chi connectivity index (χ4n) is 3.04. The highest BCUT2D eigenvalue weighted by atomic mass is 16.5. The molecule has 1 aliphatic carbocycles. The highest BCUT2D eigenvalue weighted by Crippen LogP contribution is 2.26. The molecule has 9 heteroatoms. The molecule has 4 N–H and O–H groups in total. The summed E-state index contributed by atoms with van der Waals surface area (Å²) in [6, 6.07) is 5.95. The monoisotopic (exact) mass is 393 g/mol. The molecule has 9 nitrogen and oxygen atoms in total. The Kier molecular flexibility index (Phi) is 5.28. The zero-order valence-corrected chi connectivity index (χ0v) is 16.3. The molecule has 0 unspecified atom stereocenters. The third kappa shape index (κ3) is 4.63. The summed E-state index contributed by atoms with van der Waals surface area (Å²) in [7, 11) is 0. The Labute approximate surface area is 167 Å². The number of nitrogens with one attached hydrogen (secondary N) is 4. The summed E-state index contributed by atoms with van der Waals surface area (Å²) in [5.74, 6) is 1.23. The minimum Gasteiger partial charge on any atom is -0.445 e. The number of carbonyl (C=O) groups is 1. The smallest absolute Gasteiger partial charge is 0.407 e. The minimum absolute atomic E-state index is 0.0604. The van der Waals surface area contributed by atoms with Gasteiger partial charge < -0.3 is 15.4 Å². The van der Waals surface area contributed by atoms with E-state index in [2.05, 4.69) is 36.0 Å². The van der Waals surface area contributed by atoms with Gasteiger partial charge >= 0.3 is 6.09 Å². The molecule has 29 heavy (non-hydrogen) atoms. The number of aromatic amines is 2. The van der Waals surface area contributed by atoms with Gasteiger partial charge in [0.05, 0.1) is 11.7 Å². The largest absolute Gasteiger partial charge is 0.445 e.